The van der Waals surface area contributed by atoms with Gasteiger partial charge in [-0.2, -0.15) is 0 Å². The molecule has 1 heterocycles. The van der Waals surface area contributed by atoms with Crippen molar-refractivity contribution in [1.82, 2.24) is 0 Å². The summed E-state index contributed by atoms with van der Waals surface area (Å²) in [6, 6.07) is 43.4. The molecule has 8 aromatic carbocycles. The summed E-state index contributed by atoms with van der Waals surface area (Å²) < 4.78 is 48.5. The van der Waals surface area contributed by atoms with E-state index in [0.29, 0.717) is 21.8 Å². The molecule has 0 radical (unpaired) electrons. The van der Waals surface area contributed by atoms with Crippen LogP contribution in [0.3, 0.4) is 0 Å². The highest BCUT2D eigenvalue weighted by Gasteiger charge is 2.20. The maximum absolute atomic E-state index is 8.65. The van der Waals surface area contributed by atoms with Crippen LogP contribution in [0.4, 0.5) is 0 Å². The maximum Gasteiger partial charge on any atom is 0.143 e. The van der Waals surface area contributed by atoms with Crippen LogP contribution in [0.2, 0.25) is 5.02 Å². The molecule has 216 valence electrons. The Morgan fingerprint density at radius 1 is 0.457 bits per heavy atom. The average molecular weight is 612 g/mol. The van der Waals surface area contributed by atoms with Gasteiger partial charge in [-0.05, 0) is 84.8 Å². The van der Waals surface area contributed by atoms with Gasteiger partial charge in [0.1, 0.15) is 11.2 Å². The number of halogens is 1. The molecule has 0 fully saturated rings. The second kappa shape index (κ2) is 10.8. The molecule has 0 N–H and O–H groups in total. The molecule has 0 aliphatic carbocycles. The molecule has 0 atom stereocenters. The smallest absolute Gasteiger partial charge is 0.143 e. The molecular weight excluding hydrogens is 580 g/mol. The van der Waals surface area contributed by atoms with Gasteiger partial charge in [-0.1, -0.05) is 151 Å². The van der Waals surface area contributed by atoms with Gasteiger partial charge in [0.05, 0.1) is 6.85 Å². The predicted molar refractivity (Wildman–Crippen MR) is 195 cm³/mol. The first-order valence-corrected chi connectivity index (χ1v) is 15.5. The molecule has 0 unspecified atom stereocenters. The summed E-state index contributed by atoms with van der Waals surface area (Å²) in [4.78, 5) is 0. The zero-order valence-electron chi connectivity index (χ0n) is 29.5. The third-order valence-corrected chi connectivity index (χ3v) is 9.04. The van der Waals surface area contributed by atoms with E-state index in [1.54, 1.807) is 6.07 Å². The first-order valence-electron chi connectivity index (χ1n) is 17.6. The Morgan fingerprint density at radius 3 is 1.80 bits per heavy atom. The van der Waals surface area contributed by atoms with E-state index in [2.05, 4.69) is 84.9 Å². The van der Waals surface area contributed by atoms with Gasteiger partial charge in [-0.15, -0.1) is 0 Å². The van der Waals surface area contributed by atoms with Gasteiger partial charge in [0.2, 0.25) is 0 Å². The molecule has 46 heavy (non-hydrogen) atoms. The van der Waals surface area contributed by atoms with E-state index >= 15 is 0 Å². The van der Waals surface area contributed by atoms with Crippen molar-refractivity contribution in [2.45, 2.75) is 0 Å². The van der Waals surface area contributed by atoms with Crippen LogP contribution in [0.15, 0.2) is 168 Å². The SMILES string of the molecule is [2H]c1c([2H])c([2H])c(-c2cccc3c2oc2cccc(-c4ccc5c(-c6ccccc6)c6cc(Cl)ccc6c(-c6ccccc6)c5c4)c23)c([2H])c1[2H]. The summed E-state index contributed by atoms with van der Waals surface area (Å²) >= 11 is 6.66. The van der Waals surface area contributed by atoms with Crippen LogP contribution in [-0.2, 0) is 0 Å². The Hall–Kier alpha value is -5.63. The highest BCUT2D eigenvalue weighted by atomic mass is 35.5. The quantitative estimate of drug-likeness (QED) is 0.180. The number of hydrogen-bond donors (Lipinski definition) is 0. The van der Waals surface area contributed by atoms with Crippen molar-refractivity contribution in [1.29, 1.82) is 0 Å². The summed E-state index contributed by atoms with van der Waals surface area (Å²) in [7, 11) is 0. The van der Waals surface area contributed by atoms with Gasteiger partial charge in [0.15, 0.2) is 0 Å². The highest BCUT2D eigenvalue weighted by Crippen LogP contribution is 2.47. The molecule has 0 spiro atoms. The van der Waals surface area contributed by atoms with Crippen LogP contribution in [-0.4, -0.2) is 0 Å². The summed E-state index contributed by atoms with van der Waals surface area (Å²) in [5, 5.41) is 6.74. The highest BCUT2D eigenvalue weighted by molar-refractivity contribution is 6.32. The summed E-state index contributed by atoms with van der Waals surface area (Å²) in [5.41, 5.74) is 8.07. The fourth-order valence-corrected chi connectivity index (χ4v) is 7.04. The normalized spacial score (nSPS) is 13.1. The minimum atomic E-state index is -0.426. The van der Waals surface area contributed by atoms with Crippen molar-refractivity contribution in [3.63, 3.8) is 0 Å². The molecule has 0 amide bonds. The lowest BCUT2D eigenvalue weighted by Crippen LogP contribution is -1.92. The standard InChI is InChI=1S/C44H27ClO/c45-32-23-25-36-39(27-32)42(30-16-8-3-9-17-30)35-24-22-31(26-38(35)41(36)29-14-6-2-7-15-29)33-18-11-21-40-43(33)37-20-10-19-34(44(37)46-40)28-12-4-1-5-13-28/h1-27H/i1D,4D,5D,12D,13D. The third kappa shape index (κ3) is 4.24. The summed E-state index contributed by atoms with van der Waals surface area (Å²) in [6.07, 6.45) is 0. The second-order valence-corrected chi connectivity index (χ2v) is 11.8. The summed E-state index contributed by atoms with van der Waals surface area (Å²) in [6.45, 7) is 0. The van der Waals surface area contributed by atoms with E-state index in [1.807, 2.05) is 42.5 Å². The fraction of sp³-hybridized carbons (Fsp3) is 0. The molecule has 0 saturated heterocycles. The third-order valence-electron chi connectivity index (χ3n) is 8.81. The average Bonchev–Trinajstić information content (AvgIpc) is 3.56. The van der Waals surface area contributed by atoms with Gasteiger partial charge in [-0.3, -0.25) is 0 Å². The molecule has 1 nitrogen and oxygen atoms in total. The Kier molecular flexibility index (Phi) is 5.14. The van der Waals surface area contributed by atoms with Crippen molar-refractivity contribution in [3.05, 3.63) is 169 Å². The van der Waals surface area contributed by atoms with Gasteiger partial charge in [0, 0.05) is 21.4 Å². The van der Waals surface area contributed by atoms with E-state index in [1.165, 1.54) is 0 Å². The number of fused-ring (bicyclic) bond motifs is 5. The zero-order valence-corrected chi connectivity index (χ0v) is 25.2. The Bertz CT molecular complexity index is 2840. The Balaban J connectivity index is 1.36. The van der Waals surface area contributed by atoms with Gasteiger partial charge >= 0.3 is 0 Å². The van der Waals surface area contributed by atoms with E-state index in [0.717, 1.165) is 65.7 Å². The maximum atomic E-state index is 8.65. The van der Waals surface area contributed by atoms with Crippen molar-refractivity contribution in [3.8, 4) is 44.5 Å². The van der Waals surface area contributed by atoms with Crippen molar-refractivity contribution in [2.24, 2.45) is 0 Å². The largest absolute Gasteiger partial charge is 0.455 e. The van der Waals surface area contributed by atoms with E-state index in [-0.39, 0.29) is 29.7 Å². The van der Waals surface area contributed by atoms with Crippen molar-refractivity contribution < 1.29 is 11.3 Å². The van der Waals surface area contributed by atoms with E-state index in [9.17, 15) is 0 Å². The molecule has 2 heteroatoms. The monoisotopic (exact) mass is 611 g/mol. The number of furan rings is 1. The van der Waals surface area contributed by atoms with Crippen LogP contribution in [0.5, 0.6) is 0 Å². The molecule has 0 aliphatic rings. The minimum Gasteiger partial charge on any atom is -0.455 e. The lowest BCUT2D eigenvalue weighted by Gasteiger charge is -2.19. The fourth-order valence-electron chi connectivity index (χ4n) is 6.87. The molecule has 1 aromatic heterocycles. The molecule has 0 aliphatic heterocycles. The van der Waals surface area contributed by atoms with Crippen LogP contribution >= 0.6 is 11.6 Å². The van der Waals surface area contributed by atoms with Crippen LogP contribution in [0.1, 0.15) is 6.85 Å². The number of benzene rings is 8. The Labute approximate surface area is 279 Å². The number of hydrogen-bond acceptors (Lipinski definition) is 1. The van der Waals surface area contributed by atoms with E-state index < -0.39 is 6.04 Å². The van der Waals surface area contributed by atoms with Gasteiger partial charge in [0.25, 0.3) is 0 Å². The molecular formula is C44H27ClO. The van der Waals surface area contributed by atoms with Gasteiger partial charge in [-0.25, -0.2) is 0 Å². The molecule has 9 rings (SSSR count). The predicted octanol–water partition coefficient (Wildman–Crippen LogP) is 13.2. The van der Waals surface area contributed by atoms with Crippen LogP contribution < -0.4 is 0 Å². The number of para-hydroxylation sites is 1. The zero-order chi connectivity index (χ0) is 35.0. The lowest BCUT2D eigenvalue weighted by molar-refractivity contribution is 0.670. The summed E-state index contributed by atoms with van der Waals surface area (Å²) in [5.74, 6) is 0. The first-order chi connectivity index (χ1) is 24.8. The van der Waals surface area contributed by atoms with E-state index in [4.69, 9.17) is 22.9 Å². The van der Waals surface area contributed by atoms with Crippen LogP contribution in [0, 0.1) is 0 Å². The van der Waals surface area contributed by atoms with Gasteiger partial charge < -0.3 is 4.42 Å². The topological polar surface area (TPSA) is 13.1 Å². The lowest BCUT2D eigenvalue weighted by atomic mass is 9.84. The van der Waals surface area contributed by atoms with Crippen LogP contribution in [0.25, 0.3) is 88.0 Å². The minimum absolute atomic E-state index is 0.117. The van der Waals surface area contributed by atoms with Crippen molar-refractivity contribution in [2.75, 3.05) is 0 Å². The molecule has 0 bridgehead atoms. The second-order valence-electron chi connectivity index (χ2n) is 11.4. The molecule has 0 saturated carbocycles. The first kappa shape index (κ1) is 22.0. The van der Waals surface area contributed by atoms with Crippen molar-refractivity contribution >= 4 is 55.1 Å². The Morgan fingerprint density at radius 2 is 1.09 bits per heavy atom. The molecule has 9 aromatic rings. The number of rotatable bonds is 4.